The molecule has 2 rings (SSSR count). The zero-order chi connectivity index (χ0) is 9.97. The largest absolute Gasteiger partial charge is 0.481 e. The van der Waals surface area contributed by atoms with Crippen LogP contribution < -0.4 is 0 Å². The van der Waals surface area contributed by atoms with Gasteiger partial charge in [0.1, 0.15) is 0 Å². The Labute approximate surface area is 86.5 Å². The molecule has 1 aliphatic rings. The summed E-state index contributed by atoms with van der Waals surface area (Å²) in [5.74, 6) is -0.00444. The summed E-state index contributed by atoms with van der Waals surface area (Å²) in [5.41, 5.74) is 1.25. The molecule has 0 saturated heterocycles. The maximum absolute atomic E-state index is 10.4. The van der Waals surface area contributed by atoms with Gasteiger partial charge in [0.2, 0.25) is 0 Å². The average molecular weight is 209 g/mol. The van der Waals surface area contributed by atoms with Crippen molar-refractivity contribution in [3.05, 3.63) is 24.0 Å². The van der Waals surface area contributed by atoms with Gasteiger partial charge in [-0.2, -0.15) is 0 Å². The molecule has 1 fully saturated rings. The van der Waals surface area contributed by atoms with Crippen molar-refractivity contribution >= 4 is 17.7 Å². The van der Waals surface area contributed by atoms with Gasteiger partial charge in [0.25, 0.3) is 0 Å². The predicted molar refractivity (Wildman–Crippen MR) is 54.6 cm³/mol. The van der Waals surface area contributed by atoms with Crippen LogP contribution >= 0.6 is 11.8 Å². The van der Waals surface area contributed by atoms with Crippen LogP contribution in [0.3, 0.4) is 0 Å². The first-order chi connectivity index (χ1) is 6.75. The Hall–Kier alpha value is -1.03. The van der Waals surface area contributed by atoms with Gasteiger partial charge in [-0.25, -0.2) is 0 Å². The SMILES string of the molecule is O=C(O)CSc1cncc(C2CC2)c1. The highest BCUT2D eigenvalue weighted by molar-refractivity contribution is 8.00. The minimum atomic E-state index is -0.785. The molecule has 1 aromatic heterocycles. The van der Waals surface area contributed by atoms with Crippen LogP contribution in [0.1, 0.15) is 24.3 Å². The van der Waals surface area contributed by atoms with E-state index in [2.05, 4.69) is 11.1 Å². The molecule has 1 N–H and O–H groups in total. The van der Waals surface area contributed by atoms with Crippen molar-refractivity contribution in [3.63, 3.8) is 0 Å². The molecule has 1 saturated carbocycles. The zero-order valence-corrected chi connectivity index (χ0v) is 8.46. The van der Waals surface area contributed by atoms with Gasteiger partial charge in [0.15, 0.2) is 0 Å². The number of pyridine rings is 1. The predicted octanol–water partition coefficient (Wildman–Crippen LogP) is 2.14. The maximum Gasteiger partial charge on any atom is 0.313 e. The summed E-state index contributed by atoms with van der Waals surface area (Å²) in [7, 11) is 0. The van der Waals surface area contributed by atoms with Crippen LogP contribution in [0, 0.1) is 0 Å². The summed E-state index contributed by atoms with van der Waals surface area (Å²) in [6, 6.07) is 2.05. The number of nitrogens with zero attached hydrogens (tertiary/aromatic N) is 1. The van der Waals surface area contributed by atoms with Gasteiger partial charge >= 0.3 is 5.97 Å². The van der Waals surface area contributed by atoms with Gasteiger partial charge in [0, 0.05) is 17.3 Å². The quantitative estimate of drug-likeness (QED) is 0.772. The second kappa shape index (κ2) is 4.00. The lowest BCUT2D eigenvalue weighted by molar-refractivity contribution is -0.133. The van der Waals surface area contributed by atoms with E-state index >= 15 is 0 Å². The third-order valence-electron chi connectivity index (χ3n) is 2.15. The lowest BCUT2D eigenvalue weighted by Gasteiger charge is -2.01. The molecule has 1 aromatic rings. The van der Waals surface area contributed by atoms with Crippen LogP contribution in [-0.4, -0.2) is 21.8 Å². The Morgan fingerprint density at radius 2 is 2.36 bits per heavy atom. The van der Waals surface area contributed by atoms with E-state index < -0.39 is 5.97 Å². The molecule has 4 heteroatoms. The Balaban J connectivity index is 2.02. The summed E-state index contributed by atoms with van der Waals surface area (Å²) >= 11 is 1.33. The van der Waals surface area contributed by atoms with E-state index in [0.29, 0.717) is 5.92 Å². The number of carboxylic acids is 1. The molecule has 0 aromatic carbocycles. The van der Waals surface area contributed by atoms with Gasteiger partial charge in [-0.3, -0.25) is 9.78 Å². The molecule has 0 spiro atoms. The molecule has 0 radical (unpaired) electrons. The number of aliphatic carboxylic acids is 1. The molecule has 0 unspecified atom stereocenters. The molecule has 0 atom stereocenters. The highest BCUT2D eigenvalue weighted by atomic mass is 32.2. The fourth-order valence-corrected chi connectivity index (χ4v) is 1.94. The van der Waals surface area contributed by atoms with Gasteiger partial charge < -0.3 is 5.11 Å². The Bertz CT molecular complexity index is 350. The molecule has 74 valence electrons. The third kappa shape index (κ3) is 2.48. The van der Waals surface area contributed by atoms with Crippen molar-refractivity contribution in [1.82, 2.24) is 4.98 Å². The molecular formula is C10H11NO2S. The number of hydrogen-bond donors (Lipinski definition) is 1. The standard InChI is InChI=1S/C10H11NO2S/c12-10(13)6-14-9-3-8(4-11-5-9)7-1-2-7/h3-5,7H,1-2,6H2,(H,12,13). The summed E-state index contributed by atoms with van der Waals surface area (Å²) in [6.45, 7) is 0. The lowest BCUT2D eigenvalue weighted by Crippen LogP contribution is -1.97. The summed E-state index contributed by atoms with van der Waals surface area (Å²) in [4.78, 5) is 15.4. The second-order valence-electron chi connectivity index (χ2n) is 3.41. The molecule has 0 amide bonds. The smallest absolute Gasteiger partial charge is 0.313 e. The highest BCUT2D eigenvalue weighted by Gasteiger charge is 2.23. The van der Waals surface area contributed by atoms with E-state index in [1.165, 1.54) is 30.2 Å². The summed E-state index contributed by atoms with van der Waals surface area (Å²) in [6.07, 6.45) is 6.09. The first-order valence-electron chi connectivity index (χ1n) is 4.55. The molecule has 0 bridgehead atoms. The van der Waals surface area contributed by atoms with Crippen LogP contribution in [0.5, 0.6) is 0 Å². The average Bonchev–Trinajstić information content (AvgIpc) is 2.98. The molecule has 14 heavy (non-hydrogen) atoms. The van der Waals surface area contributed by atoms with Gasteiger partial charge in [0.05, 0.1) is 5.75 Å². The molecule has 3 nitrogen and oxygen atoms in total. The third-order valence-corrected chi connectivity index (χ3v) is 3.09. The fourth-order valence-electron chi connectivity index (χ4n) is 1.30. The van der Waals surface area contributed by atoms with Gasteiger partial charge in [-0.15, -0.1) is 11.8 Å². The van der Waals surface area contributed by atoms with Crippen molar-refractivity contribution in [2.45, 2.75) is 23.7 Å². The van der Waals surface area contributed by atoms with Crippen molar-refractivity contribution in [2.24, 2.45) is 0 Å². The van der Waals surface area contributed by atoms with Crippen molar-refractivity contribution in [3.8, 4) is 0 Å². The topological polar surface area (TPSA) is 50.2 Å². The summed E-state index contributed by atoms with van der Waals surface area (Å²) < 4.78 is 0. The molecule has 0 aliphatic heterocycles. The molecule has 1 aliphatic carbocycles. The van der Waals surface area contributed by atoms with Crippen LogP contribution in [0.2, 0.25) is 0 Å². The van der Waals surface area contributed by atoms with Crippen LogP contribution in [0.15, 0.2) is 23.4 Å². The van der Waals surface area contributed by atoms with Crippen molar-refractivity contribution < 1.29 is 9.90 Å². The van der Waals surface area contributed by atoms with Crippen LogP contribution in [-0.2, 0) is 4.79 Å². The van der Waals surface area contributed by atoms with Crippen molar-refractivity contribution in [2.75, 3.05) is 5.75 Å². The Morgan fingerprint density at radius 1 is 1.57 bits per heavy atom. The number of carboxylic acid groups (broad SMARTS) is 1. The van der Waals surface area contributed by atoms with Crippen LogP contribution in [0.4, 0.5) is 0 Å². The monoisotopic (exact) mass is 209 g/mol. The Morgan fingerprint density at radius 3 is 3.00 bits per heavy atom. The van der Waals surface area contributed by atoms with E-state index in [9.17, 15) is 4.79 Å². The normalized spacial score (nSPS) is 15.4. The molecular weight excluding hydrogens is 198 g/mol. The van der Waals surface area contributed by atoms with E-state index in [1.54, 1.807) is 6.20 Å². The van der Waals surface area contributed by atoms with E-state index in [-0.39, 0.29) is 5.75 Å². The van der Waals surface area contributed by atoms with Gasteiger partial charge in [-0.1, -0.05) is 0 Å². The first-order valence-corrected chi connectivity index (χ1v) is 5.54. The minimum Gasteiger partial charge on any atom is -0.481 e. The number of hydrogen-bond acceptors (Lipinski definition) is 3. The highest BCUT2D eigenvalue weighted by Crippen LogP contribution is 2.40. The maximum atomic E-state index is 10.4. The number of carbonyl (C=O) groups is 1. The minimum absolute atomic E-state index is 0.107. The van der Waals surface area contributed by atoms with Gasteiger partial charge in [-0.05, 0) is 30.4 Å². The zero-order valence-electron chi connectivity index (χ0n) is 7.64. The lowest BCUT2D eigenvalue weighted by atomic mass is 10.2. The Kier molecular flexibility index (Phi) is 2.72. The number of aromatic nitrogens is 1. The first kappa shape index (κ1) is 9.52. The number of thioether (sulfide) groups is 1. The number of rotatable bonds is 4. The second-order valence-corrected chi connectivity index (χ2v) is 4.46. The van der Waals surface area contributed by atoms with E-state index in [4.69, 9.17) is 5.11 Å². The van der Waals surface area contributed by atoms with E-state index in [0.717, 1.165) is 4.90 Å². The van der Waals surface area contributed by atoms with Crippen LogP contribution in [0.25, 0.3) is 0 Å². The molecule has 1 heterocycles. The fraction of sp³-hybridized carbons (Fsp3) is 0.400. The van der Waals surface area contributed by atoms with E-state index in [1.807, 2.05) is 6.20 Å². The van der Waals surface area contributed by atoms with Crippen molar-refractivity contribution in [1.29, 1.82) is 0 Å². The summed E-state index contributed by atoms with van der Waals surface area (Å²) in [5, 5.41) is 8.52.